The summed E-state index contributed by atoms with van der Waals surface area (Å²) in [5.74, 6) is 0.267. The molecular formula is C14H28O3Si. The van der Waals surface area contributed by atoms with Crippen LogP contribution in [0.15, 0.2) is 0 Å². The van der Waals surface area contributed by atoms with Crippen LogP contribution in [0.1, 0.15) is 41.0 Å². The van der Waals surface area contributed by atoms with E-state index < -0.39 is 8.32 Å². The van der Waals surface area contributed by atoms with E-state index in [1.54, 1.807) is 0 Å². The summed E-state index contributed by atoms with van der Waals surface area (Å²) in [7, 11) is -1.75. The van der Waals surface area contributed by atoms with Crippen molar-refractivity contribution in [2.24, 2.45) is 5.92 Å². The standard InChI is InChI=1S/C14H28O3Si/c1-10-8-12(15)11(2)13(17-10)9-16-18(6,7)14(3,4)5/h10-11,13H,8-9H2,1-7H3/t10-,11+,13-/m1/s1. The van der Waals surface area contributed by atoms with Crippen LogP contribution in [0, 0.1) is 5.92 Å². The van der Waals surface area contributed by atoms with Crippen molar-refractivity contribution in [1.82, 2.24) is 0 Å². The smallest absolute Gasteiger partial charge is 0.192 e. The second-order valence-electron chi connectivity index (χ2n) is 7.02. The number of hydrogen-bond donors (Lipinski definition) is 0. The Labute approximate surface area is 112 Å². The molecule has 1 rings (SSSR count). The predicted octanol–water partition coefficient (Wildman–Crippen LogP) is 3.39. The minimum Gasteiger partial charge on any atom is -0.414 e. The average Bonchev–Trinajstić information content (AvgIpc) is 2.19. The fourth-order valence-corrected chi connectivity index (χ4v) is 2.85. The van der Waals surface area contributed by atoms with E-state index in [-0.39, 0.29) is 23.2 Å². The molecule has 0 bridgehead atoms. The Kier molecular flexibility index (Phi) is 4.79. The van der Waals surface area contributed by atoms with Gasteiger partial charge in [-0.25, -0.2) is 0 Å². The molecule has 0 aliphatic carbocycles. The van der Waals surface area contributed by atoms with Gasteiger partial charge in [-0.15, -0.1) is 0 Å². The van der Waals surface area contributed by atoms with E-state index >= 15 is 0 Å². The molecule has 1 saturated heterocycles. The summed E-state index contributed by atoms with van der Waals surface area (Å²) in [6.45, 7) is 15.6. The molecule has 106 valence electrons. The second kappa shape index (κ2) is 5.43. The topological polar surface area (TPSA) is 35.5 Å². The van der Waals surface area contributed by atoms with Crippen LogP contribution < -0.4 is 0 Å². The minimum absolute atomic E-state index is 0.0294. The highest BCUT2D eigenvalue weighted by Gasteiger charge is 2.40. The Hall–Kier alpha value is -0.193. The summed E-state index contributed by atoms with van der Waals surface area (Å²) in [4.78, 5) is 11.8. The van der Waals surface area contributed by atoms with Gasteiger partial charge in [0.2, 0.25) is 0 Å². The van der Waals surface area contributed by atoms with Gasteiger partial charge in [0.1, 0.15) is 5.78 Å². The Morgan fingerprint density at radius 1 is 1.33 bits per heavy atom. The van der Waals surface area contributed by atoms with Crippen LogP contribution in [-0.4, -0.2) is 32.9 Å². The van der Waals surface area contributed by atoms with Crippen LogP contribution in [0.25, 0.3) is 0 Å². The summed E-state index contributed by atoms with van der Waals surface area (Å²) in [6.07, 6.45) is 0.495. The molecule has 0 amide bonds. The van der Waals surface area contributed by atoms with Crippen molar-refractivity contribution in [2.75, 3.05) is 6.61 Å². The zero-order valence-electron chi connectivity index (χ0n) is 12.9. The van der Waals surface area contributed by atoms with E-state index in [9.17, 15) is 4.79 Å². The summed E-state index contributed by atoms with van der Waals surface area (Å²) in [5.41, 5.74) is 0. The zero-order valence-corrected chi connectivity index (χ0v) is 13.9. The van der Waals surface area contributed by atoms with Gasteiger partial charge in [0, 0.05) is 12.3 Å². The first-order valence-corrected chi connectivity index (χ1v) is 9.77. The predicted molar refractivity (Wildman–Crippen MR) is 76.3 cm³/mol. The minimum atomic E-state index is -1.75. The summed E-state index contributed by atoms with van der Waals surface area (Å²) in [5, 5.41) is 0.195. The molecule has 4 heteroatoms. The van der Waals surface area contributed by atoms with Crippen molar-refractivity contribution in [3.05, 3.63) is 0 Å². The molecule has 0 N–H and O–H groups in total. The number of rotatable bonds is 3. The molecule has 0 saturated carbocycles. The highest BCUT2D eigenvalue weighted by atomic mass is 28.4. The van der Waals surface area contributed by atoms with E-state index in [4.69, 9.17) is 9.16 Å². The Bertz CT molecular complexity index is 307. The molecule has 0 aromatic rings. The lowest BCUT2D eigenvalue weighted by atomic mass is 9.93. The van der Waals surface area contributed by atoms with Crippen molar-refractivity contribution in [1.29, 1.82) is 0 Å². The molecule has 1 aliphatic rings. The van der Waals surface area contributed by atoms with Gasteiger partial charge < -0.3 is 9.16 Å². The molecular weight excluding hydrogens is 244 g/mol. The number of Topliss-reactive ketones (excluding diaryl/α,β-unsaturated/α-hetero) is 1. The third kappa shape index (κ3) is 3.65. The van der Waals surface area contributed by atoms with E-state index in [0.717, 1.165) is 0 Å². The zero-order chi connectivity index (χ0) is 14.1. The summed E-state index contributed by atoms with van der Waals surface area (Å²) in [6, 6.07) is 0. The van der Waals surface area contributed by atoms with Gasteiger partial charge in [0.05, 0.1) is 18.8 Å². The van der Waals surface area contributed by atoms with Crippen molar-refractivity contribution >= 4 is 14.1 Å². The monoisotopic (exact) mass is 272 g/mol. The molecule has 18 heavy (non-hydrogen) atoms. The molecule has 0 unspecified atom stereocenters. The van der Waals surface area contributed by atoms with Crippen LogP contribution in [0.3, 0.4) is 0 Å². The highest BCUT2D eigenvalue weighted by Crippen LogP contribution is 2.37. The van der Waals surface area contributed by atoms with Gasteiger partial charge in [0.25, 0.3) is 0 Å². The molecule has 0 aromatic heterocycles. The van der Waals surface area contributed by atoms with E-state index in [2.05, 4.69) is 33.9 Å². The first kappa shape index (κ1) is 15.9. The Balaban J connectivity index is 2.60. The molecule has 3 nitrogen and oxygen atoms in total. The number of hydrogen-bond acceptors (Lipinski definition) is 3. The van der Waals surface area contributed by atoms with Crippen LogP contribution in [0.5, 0.6) is 0 Å². The maximum absolute atomic E-state index is 11.8. The van der Waals surface area contributed by atoms with Crippen molar-refractivity contribution in [3.8, 4) is 0 Å². The quantitative estimate of drug-likeness (QED) is 0.739. The number of carbonyl (C=O) groups excluding carboxylic acids is 1. The SMILES string of the molecule is C[C@@H]1CC(=O)[C@H](C)[C@@H](CO[Si](C)(C)C(C)(C)C)O1. The normalized spacial score (nSPS) is 30.6. The van der Waals surface area contributed by atoms with Crippen molar-refractivity contribution in [3.63, 3.8) is 0 Å². The summed E-state index contributed by atoms with van der Waals surface area (Å²) < 4.78 is 12.0. The lowest BCUT2D eigenvalue weighted by molar-refractivity contribution is -0.146. The van der Waals surface area contributed by atoms with Gasteiger partial charge in [-0.2, -0.15) is 0 Å². The van der Waals surface area contributed by atoms with Crippen LogP contribution >= 0.6 is 0 Å². The maximum Gasteiger partial charge on any atom is 0.192 e. The number of ketones is 1. The second-order valence-corrected chi connectivity index (χ2v) is 11.8. The molecule has 0 aromatic carbocycles. The third-order valence-corrected chi connectivity index (χ3v) is 8.88. The largest absolute Gasteiger partial charge is 0.414 e. The molecule has 0 spiro atoms. The molecule has 0 radical (unpaired) electrons. The lowest BCUT2D eigenvalue weighted by Gasteiger charge is -2.39. The third-order valence-electron chi connectivity index (χ3n) is 4.38. The van der Waals surface area contributed by atoms with Crippen LogP contribution in [0.4, 0.5) is 0 Å². The Morgan fingerprint density at radius 2 is 1.89 bits per heavy atom. The fourth-order valence-electron chi connectivity index (χ4n) is 1.83. The van der Waals surface area contributed by atoms with Gasteiger partial charge >= 0.3 is 0 Å². The molecule has 1 heterocycles. The average molecular weight is 272 g/mol. The van der Waals surface area contributed by atoms with E-state index in [1.165, 1.54) is 0 Å². The number of carbonyl (C=O) groups is 1. The first-order valence-electron chi connectivity index (χ1n) is 6.87. The van der Waals surface area contributed by atoms with Crippen LogP contribution in [-0.2, 0) is 14.0 Å². The Morgan fingerprint density at radius 3 is 2.39 bits per heavy atom. The first-order chi connectivity index (χ1) is 8.04. The van der Waals surface area contributed by atoms with Gasteiger partial charge in [-0.1, -0.05) is 27.7 Å². The van der Waals surface area contributed by atoms with E-state index in [0.29, 0.717) is 18.8 Å². The van der Waals surface area contributed by atoms with Gasteiger partial charge in [0.15, 0.2) is 8.32 Å². The number of ether oxygens (including phenoxy) is 1. The molecule has 1 aliphatic heterocycles. The van der Waals surface area contributed by atoms with Crippen molar-refractivity contribution in [2.45, 2.75) is 71.4 Å². The summed E-state index contributed by atoms with van der Waals surface area (Å²) >= 11 is 0. The lowest BCUT2D eigenvalue weighted by Crippen LogP contribution is -2.47. The van der Waals surface area contributed by atoms with E-state index in [1.807, 2.05) is 13.8 Å². The molecule has 1 fully saturated rings. The van der Waals surface area contributed by atoms with Gasteiger partial charge in [-0.3, -0.25) is 4.79 Å². The molecule has 3 atom stereocenters. The van der Waals surface area contributed by atoms with Crippen molar-refractivity contribution < 1.29 is 14.0 Å². The maximum atomic E-state index is 11.8. The highest BCUT2D eigenvalue weighted by molar-refractivity contribution is 6.74. The van der Waals surface area contributed by atoms with Gasteiger partial charge in [-0.05, 0) is 25.1 Å². The van der Waals surface area contributed by atoms with Crippen LogP contribution in [0.2, 0.25) is 18.1 Å². The fraction of sp³-hybridized carbons (Fsp3) is 0.929.